The van der Waals surface area contributed by atoms with E-state index >= 15 is 0 Å². The van der Waals surface area contributed by atoms with E-state index in [0.717, 1.165) is 19.6 Å². The number of thioether (sulfide) groups is 1. The average molecular weight is 232 g/mol. The molecule has 0 aliphatic rings. The van der Waals surface area contributed by atoms with Gasteiger partial charge < -0.3 is 10.2 Å². The largest absolute Gasteiger partial charge is 0.342 e. The molecule has 0 spiro atoms. The third-order valence-electron chi connectivity index (χ3n) is 2.50. The van der Waals surface area contributed by atoms with Gasteiger partial charge in [0.15, 0.2) is 0 Å². The van der Waals surface area contributed by atoms with Gasteiger partial charge in [-0.25, -0.2) is 0 Å². The summed E-state index contributed by atoms with van der Waals surface area (Å²) in [5.74, 6) is 0.192. The highest BCUT2D eigenvalue weighted by Gasteiger charge is 2.16. The number of likely N-dealkylation sites (N-methyl/N-ethyl adjacent to an activating group) is 1. The molecular formula is C11H24N2OS. The molecule has 0 saturated carbocycles. The Balaban J connectivity index is 3.81. The summed E-state index contributed by atoms with van der Waals surface area (Å²) in [7, 11) is 0. The molecule has 0 aromatic heterocycles. The zero-order chi connectivity index (χ0) is 11.9. The van der Waals surface area contributed by atoms with Crippen molar-refractivity contribution in [1.82, 2.24) is 10.2 Å². The molecule has 1 amide bonds. The summed E-state index contributed by atoms with van der Waals surface area (Å²) in [6, 6.07) is 0. The minimum Gasteiger partial charge on any atom is -0.342 e. The molecule has 1 N–H and O–H groups in total. The van der Waals surface area contributed by atoms with Crippen molar-refractivity contribution in [2.45, 2.75) is 32.4 Å². The van der Waals surface area contributed by atoms with Crippen LogP contribution in [0.25, 0.3) is 0 Å². The Morgan fingerprint density at radius 2 is 1.87 bits per heavy atom. The minimum atomic E-state index is 0.192. The molecule has 0 radical (unpaired) electrons. The van der Waals surface area contributed by atoms with Gasteiger partial charge in [-0.3, -0.25) is 4.79 Å². The van der Waals surface area contributed by atoms with E-state index in [1.54, 1.807) is 0 Å². The van der Waals surface area contributed by atoms with E-state index in [0.29, 0.717) is 6.54 Å². The number of hydrogen-bond donors (Lipinski definition) is 1. The van der Waals surface area contributed by atoms with Crippen LogP contribution in [0.1, 0.15) is 27.7 Å². The Hall–Kier alpha value is -0.220. The van der Waals surface area contributed by atoms with Gasteiger partial charge in [0.2, 0.25) is 5.91 Å². The van der Waals surface area contributed by atoms with Crippen LogP contribution in [-0.2, 0) is 4.79 Å². The van der Waals surface area contributed by atoms with Crippen LogP contribution in [0.5, 0.6) is 0 Å². The van der Waals surface area contributed by atoms with Gasteiger partial charge in [0.05, 0.1) is 6.54 Å². The van der Waals surface area contributed by atoms with Crippen molar-refractivity contribution in [2.75, 3.05) is 32.4 Å². The molecule has 0 unspecified atom stereocenters. The van der Waals surface area contributed by atoms with Crippen molar-refractivity contribution in [3.63, 3.8) is 0 Å². The second-order valence-electron chi connectivity index (χ2n) is 4.13. The molecule has 0 aromatic rings. The number of rotatable bonds is 7. The molecule has 3 nitrogen and oxygen atoms in total. The average Bonchev–Trinajstić information content (AvgIpc) is 2.19. The maximum Gasteiger partial charge on any atom is 0.236 e. The van der Waals surface area contributed by atoms with Gasteiger partial charge >= 0.3 is 0 Å². The predicted octanol–water partition coefficient (Wildman–Crippen LogP) is 1.59. The Morgan fingerprint density at radius 1 is 1.33 bits per heavy atom. The number of hydrogen-bond acceptors (Lipinski definition) is 3. The summed E-state index contributed by atoms with van der Waals surface area (Å²) in [5.41, 5.74) is 0. The monoisotopic (exact) mass is 232 g/mol. The molecule has 0 saturated heterocycles. The van der Waals surface area contributed by atoms with Gasteiger partial charge in [0, 0.05) is 24.4 Å². The SMILES string of the molecule is CCN(CC)C(=O)CNCC(C)(C)SC. The summed E-state index contributed by atoms with van der Waals surface area (Å²) >= 11 is 1.81. The smallest absolute Gasteiger partial charge is 0.236 e. The molecule has 0 aromatic carbocycles. The van der Waals surface area contributed by atoms with E-state index in [1.807, 2.05) is 30.5 Å². The quantitative estimate of drug-likeness (QED) is 0.723. The molecule has 4 heteroatoms. The van der Waals surface area contributed by atoms with E-state index in [9.17, 15) is 4.79 Å². The lowest BCUT2D eigenvalue weighted by molar-refractivity contribution is -0.129. The van der Waals surface area contributed by atoms with Crippen molar-refractivity contribution in [3.8, 4) is 0 Å². The molecule has 0 aliphatic carbocycles. The van der Waals surface area contributed by atoms with Crippen molar-refractivity contribution in [1.29, 1.82) is 0 Å². The molecule has 0 heterocycles. The van der Waals surface area contributed by atoms with Gasteiger partial charge in [-0.15, -0.1) is 0 Å². The van der Waals surface area contributed by atoms with E-state index in [4.69, 9.17) is 0 Å². The fraction of sp³-hybridized carbons (Fsp3) is 0.909. The van der Waals surface area contributed by atoms with Gasteiger partial charge in [-0.2, -0.15) is 11.8 Å². The Morgan fingerprint density at radius 3 is 2.27 bits per heavy atom. The number of nitrogens with zero attached hydrogens (tertiary/aromatic N) is 1. The maximum absolute atomic E-state index is 11.6. The molecule has 0 aliphatic heterocycles. The van der Waals surface area contributed by atoms with E-state index in [2.05, 4.69) is 25.4 Å². The lowest BCUT2D eigenvalue weighted by Crippen LogP contribution is -2.41. The third kappa shape index (κ3) is 6.05. The summed E-state index contributed by atoms with van der Waals surface area (Å²) in [6.07, 6.45) is 2.09. The summed E-state index contributed by atoms with van der Waals surface area (Å²) < 4.78 is 0.198. The fourth-order valence-corrected chi connectivity index (χ4v) is 1.48. The normalized spacial score (nSPS) is 11.5. The molecular weight excluding hydrogens is 208 g/mol. The van der Waals surface area contributed by atoms with Gasteiger partial charge in [-0.1, -0.05) is 0 Å². The van der Waals surface area contributed by atoms with Gasteiger partial charge in [0.25, 0.3) is 0 Å². The van der Waals surface area contributed by atoms with Crippen LogP contribution < -0.4 is 5.32 Å². The third-order valence-corrected chi connectivity index (χ3v) is 3.75. The van der Waals surface area contributed by atoms with Crippen LogP contribution >= 0.6 is 11.8 Å². The second kappa shape index (κ2) is 7.12. The van der Waals surface area contributed by atoms with Crippen LogP contribution in [0.15, 0.2) is 0 Å². The van der Waals surface area contributed by atoms with Gasteiger partial charge in [0.1, 0.15) is 0 Å². The van der Waals surface area contributed by atoms with E-state index in [-0.39, 0.29) is 10.7 Å². The van der Waals surface area contributed by atoms with Crippen LogP contribution in [0.2, 0.25) is 0 Å². The number of nitrogens with one attached hydrogen (secondary N) is 1. The van der Waals surface area contributed by atoms with E-state index < -0.39 is 0 Å². The lowest BCUT2D eigenvalue weighted by atomic mass is 10.2. The van der Waals surface area contributed by atoms with Crippen LogP contribution in [0.4, 0.5) is 0 Å². The second-order valence-corrected chi connectivity index (χ2v) is 5.65. The summed E-state index contributed by atoms with van der Waals surface area (Å²) in [6.45, 7) is 11.3. The number of carbonyl (C=O) groups is 1. The number of amides is 1. The Labute approximate surface area is 98.0 Å². The standard InChI is InChI=1S/C11H24N2OS/c1-6-13(7-2)10(14)8-12-9-11(3,4)15-5/h12H,6-9H2,1-5H3. The molecule has 0 fully saturated rings. The van der Waals surface area contributed by atoms with Crippen molar-refractivity contribution in [3.05, 3.63) is 0 Å². The molecule has 0 rings (SSSR count). The number of carbonyl (C=O) groups excluding carboxylic acids is 1. The first kappa shape index (κ1) is 14.8. The maximum atomic E-state index is 11.6. The van der Waals surface area contributed by atoms with Crippen LogP contribution in [-0.4, -0.2) is 48.0 Å². The zero-order valence-electron chi connectivity index (χ0n) is 10.6. The first-order chi connectivity index (χ1) is 6.96. The van der Waals surface area contributed by atoms with Crippen molar-refractivity contribution < 1.29 is 4.79 Å². The fourth-order valence-electron chi connectivity index (χ4n) is 1.23. The molecule has 90 valence electrons. The van der Waals surface area contributed by atoms with Crippen molar-refractivity contribution in [2.24, 2.45) is 0 Å². The lowest BCUT2D eigenvalue weighted by Gasteiger charge is -2.24. The minimum absolute atomic E-state index is 0.192. The van der Waals surface area contributed by atoms with Gasteiger partial charge in [-0.05, 0) is 34.0 Å². The molecule has 0 atom stereocenters. The Kier molecular flexibility index (Phi) is 7.02. The molecule has 15 heavy (non-hydrogen) atoms. The zero-order valence-corrected chi connectivity index (χ0v) is 11.4. The van der Waals surface area contributed by atoms with Crippen LogP contribution in [0, 0.1) is 0 Å². The van der Waals surface area contributed by atoms with E-state index in [1.165, 1.54) is 0 Å². The predicted molar refractivity (Wildman–Crippen MR) is 68.4 cm³/mol. The Bertz CT molecular complexity index is 191. The topological polar surface area (TPSA) is 32.3 Å². The van der Waals surface area contributed by atoms with Crippen LogP contribution in [0.3, 0.4) is 0 Å². The molecule has 0 bridgehead atoms. The summed E-state index contributed by atoms with van der Waals surface area (Å²) in [4.78, 5) is 13.5. The highest BCUT2D eigenvalue weighted by atomic mass is 32.2. The highest BCUT2D eigenvalue weighted by Crippen LogP contribution is 2.19. The summed E-state index contributed by atoms with van der Waals surface area (Å²) in [5, 5.41) is 3.21. The first-order valence-corrected chi connectivity index (χ1v) is 6.73. The highest BCUT2D eigenvalue weighted by molar-refractivity contribution is 7.99. The van der Waals surface area contributed by atoms with Crippen molar-refractivity contribution >= 4 is 17.7 Å². The first-order valence-electron chi connectivity index (χ1n) is 5.50.